The topological polar surface area (TPSA) is 93.7 Å². The number of ether oxygens (including phenoxy) is 2. The summed E-state index contributed by atoms with van der Waals surface area (Å²) in [4.78, 5) is 12.0. The Morgan fingerprint density at radius 1 is 1.09 bits per heavy atom. The number of rotatable bonds is 7. The van der Waals surface area contributed by atoms with Crippen molar-refractivity contribution in [3.63, 3.8) is 0 Å². The minimum atomic E-state index is -3.80. The molecule has 2 heterocycles. The fraction of sp³-hybridized carbons (Fsp3) is 0.296. The van der Waals surface area contributed by atoms with Crippen molar-refractivity contribution in [2.45, 2.75) is 50.5 Å². The van der Waals surface area contributed by atoms with Crippen LogP contribution in [0.25, 0.3) is 0 Å². The molecule has 35 heavy (non-hydrogen) atoms. The zero-order chi connectivity index (χ0) is 24.6. The molecular formula is C27H28N2O5S. The summed E-state index contributed by atoms with van der Waals surface area (Å²) in [6, 6.07) is 18.1. The van der Waals surface area contributed by atoms with Gasteiger partial charge >= 0.3 is 0 Å². The van der Waals surface area contributed by atoms with Crippen LogP contribution in [0, 0.1) is 0 Å². The van der Waals surface area contributed by atoms with Gasteiger partial charge in [-0.1, -0.05) is 24.3 Å². The Labute approximate surface area is 205 Å². The number of Topliss-reactive ketones (excluding diaryl/α,β-unsaturated/α-hetero) is 1. The van der Waals surface area contributed by atoms with Crippen LogP contribution >= 0.6 is 0 Å². The summed E-state index contributed by atoms with van der Waals surface area (Å²) in [6.45, 7) is 5.02. The van der Waals surface area contributed by atoms with Gasteiger partial charge in [-0.3, -0.25) is 9.52 Å². The maximum atomic E-state index is 13.2. The molecule has 0 spiro atoms. The Bertz CT molecular complexity index is 1390. The molecule has 0 saturated carbocycles. The zero-order valence-electron chi connectivity index (χ0n) is 19.7. The average molecular weight is 493 g/mol. The van der Waals surface area contributed by atoms with Crippen molar-refractivity contribution >= 4 is 27.2 Å². The first-order chi connectivity index (χ1) is 16.8. The van der Waals surface area contributed by atoms with Crippen LogP contribution in [0.2, 0.25) is 0 Å². The van der Waals surface area contributed by atoms with Crippen molar-refractivity contribution < 1.29 is 22.7 Å². The molecule has 0 fully saturated rings. The lowest BCUT2D eigenvalue weighted by Gasteiger charge is -2.33. The van der Waals surface area contributed by atoms with E-state index in [1.165, 1.54) is 0 Å². The van der Waals surface area contributed by atoms with Gasteiger partial charge in [0.25, 0.3) is 10.0 Å². The van der Waals surface area contributed by atoms with E-state index in [0.717, 1.165) is 27.9 Å². The predicted octanol–water partition coefficient (Wildman–Crippen LogP) is 5.35. The second-order valence-corrected chi connectivity index (χ2v) is 10.6. The van der Waals surface area contributed by atoms with Crippen molar-refractivity contribution in [2.75, 3.05) is 16.6 Å². The number of anilines is 2. The molecule has 7 nitrogen and oxygen atoms in total. The number of carbonyl (C=O) groups excluding carboxylic acids is 1. The van der Waals surface area contributed by atoms with Crippen LogP contribution in [0.4, 0.5) is 11.4 Å². The van der Waals surface area contributed by atoms with Crippen molar-refractivity contribution in [1.82, 2.24) is 0 Å². The van der Waals surface area contributed by atoms with Crippen molar-refractivity contribution in [3.05, 3.63) is 88.5 Å². The summed E-state index contributed by atoms with van der Waals surface area (Å²) in [7, 11) is -3.80. The lowest BCUT2D eigenvalue weighted by molar-refractivity contribution is 0.0497. The first-order valence-corrected chi connectivity index (χ1v) is 13.2. The molecule has 0 aliphatic carbocycles. The summed E-state index contributed by atoms with van der Waals surface area (Å²) in [5.74, 6) is 0.0164. The van der Waals surface area contributed by atoms with Crippen molar-refractivity contribution in [2.24, 2.45) is 0 Å². The van der Waals surface area contributed by atoms with E-state index in [1.807, 2.05) is 37.3 Å². The SMILES string of the molecule is CCOC1CC(c2cccc(C(C)=O)c2)Nc2ccc(S(=O)(=O)Nc3ccc4c(c3)COC4)cc21. The minimum Gasteiger partial charge on any atom is -0.378 e. The van der Waals surface area contributed by atoms with E-state index in [0.29, 0.717) is 37.5 Å². The molecule has 182 valence electrons. The van der Waals surface area contributed by atoms with Gasteiger partial charge in [-0.25, -0.2) is 8.42 Å². The molecule has 3 aromatic carbocycles. The number of fused-ring (bicyclic) bond motifs is 2. The van der Waals surface area contributed by atoms with Gasteiger partial charge in [0.05, 0.1) is 30.3 Å². The van der Waals surface area contributed by atoms with Gasteiger partial charge in [0, 0.05) is 35.5 Å². The van der Waals surface area contributed by atoms with Gasteiger partial charge in [0.2, 0.25) is 0 Å². The lowest BCUT2D eigenvalue weighted by atomic mass is 9.90. The van der Waals surface area contributed by atoms with Crippen molar-refractivity contribution in [1.29, 1.82) is 0 Å². The van der Waals surface area contributed by atoms with Crippen molar-refractivity contribution in [3.8, 4) is 0 Å². The third kappa shape index (κ3) is 4.82. The second kappa shape index (κ2) is 9.45. The molecule has 2 unspecified atom stereocenters. The van der Waals surface area contributed by atoms with E-state index in [4.69, 9.17) is 9.47 Å². The van der Waals surface area contributed by atoms with Gasteiger partial charge in [-0.05, 0) is 66.9 Å². The molecule has 2 aliphatic rings. The standard InChI is InChI=1S/C27H28N2O5S/c1-3-34-27-14-26(19-6-4-5-18(11-19)17(2)30)28-25-10-9-23(13-24(25)27)35(31,32)29-22-8-7-20-15-33-16-21(20)12-22/h4-13,26-29H,3,14-16H2,1-2H3. The maximum absolute atomic E-state index is 13.2. The zero-order valence-corrected chi connectivity index (χ0v) is 20.5. The number of hydrogen-bond acceptors (Lipinski definition) is 6. The Balaban J connectivity index is 1.43. The molecule has 5 rings (SSSR count). The first-order valence-electron chi connectivity index (χ1n) is 11.7. The van der Waals surface area contributed by atoms with E-state index in [1.54, 1.807) is 37.3 Å². The minimum absolute atomic E-state index is 0.0164. The molecule has 2 aliphatic heterocycles. The predicted molar refractivity (Wildman–Crippen MR) is 134 cm³/mol. The van der Waals surface area contributed by atoms with Crippen LogP contribution in [0.5, 0.6) is 0 Å². The fourth-order valence-electron chi connectivity index (χ4n) is 4.70. The van der Waals surface area contributed by atoms with E-state index in [2.05, 4.69) is 10.0 Å². The molecule has 0 amide bonds. The number of ketones is 1. The number of benzene rings is 3. The summed E-state index contributed by atoms with van der Waals surface area (Å²) in [5, 5.41) is 3.50. The highest BCUT2D eigenvalue weighted by Gasteiger charge is 2.30. The van der Waals surface area contributed by atoms with Gasteiger partial charge in [-0.15, -0.1) is 0 Å². The molecular weight excluding hydrogens is 464 g/mol. The second-order valence-electron chi connectivity index (χ2n) is 8.89. The van der Waals surface area contributed by atoms with E-state index >= 15 is 0 Å². The lowest BCUT2D eigenvalue weighted by Crippen LogP contribution is -2.24. The van der Waals surface area contributed by atoms with Gasteiger partial charge in [0.1, 0.15) is 0 Å². The van der Waals surface area contributed by atoms with E-state index in [9.17, 15) is 13.2 Å². The quantitative estimate of drug-likeness (QED) is 0.432. The number of sulfonamides is 1. The largest absolute Gasteiger partial charge is 0.378 e. The average Bonchev–Trinajstić information content (AvgIpc) is 3.31. The third-order valence-corrected chi connectivity index (χ3v) is 7.88. The molecule has 8 heteroatoms. The normalized spacial score (nSPS) is 18.9. The highest BCUT2D eigenvalue weighted by atomic mass is 32.2. The Hall–Kier alpha value is -3.20. The van der Waals surface area contributed by atoms with Crippen LogP contribution in [-0.4, -0.2) is 20.8 Å². The molecule has 0 radical (unpaired) electrons. The van der Waals surface area contributed by atoms with Crippen LogP contribution < -0.4 is 10.0 Å². The highest BCUT2D eigenvalue weighted by molar-refractivity contribution is 7.92. The van der Waals surface area contributed by atoms with Gasteiger partial charge in [-0.2, -0.15) is 0 Å². The monoisotopic (exact) mass is 492 g/mol. The summed E-state index contributed by atoms with van der Waals surface area (Å²) < 4.78 is 40.6. The molecule has 2 N–H and O–H groups in total. The Morgan fingerprint density at radius 3 is 2.71 bits per heavy atom. The highest BCUT2D eigenvalue weighted by Crippen LogP contribution is 2.42. The Morgan fingerprint density at radius 2 is 1.91 bits per heavy atom. The van der Waals surface area contributed by atoms with Gasteiger partial charge < -0.3 is 14.8 Å². The smallest absolute Gasteiger partial charge is 0.261 e. The molecule has 3 aromatic rings. The first kappa shape index (κ1) is 23.5. The van der Waals surface area contributed by atoms with E-state index < -0.39 is 10.0 Å². The Kier molecular flexibility index (Phi) is 6.35. The fourth-order valence-corrected chi connectivity index (χ4v) is 5.78. The van der Waals surface area contributed by atoms with Crippen LogP contribution in [0.1, 0.15) is 65.0 Å². The van der Waals surface area contributed by atoms with Crippen LogP contribution in [0.15, 0.2) is 65.6 Å². The van der Waals surface area contributed by atoms with Gasteiger partial charge in [0.15, 0.2) is 5.78 Å². The summed E-state index contributed by atoms with van der Waals surface area (Å²) >= 11 is 0. The number of nitrogens with one attached hydrogen (secondary N) is 2. The summed E-state index contributed by atoms with van der Waals surface area (Å²) in [6.07, 6.45) is 0.332. The van der Waals surface area contributed by atoms with E-state index in [-0.39, 0.29) is 22.8 Å². The van der Waals surface area contributed by atoms with Crippen LogP contribution in [0.3, 0.4) is 0 Å². The molecule has 0 bridgehead atoms. The number of carbonyl (C=O) groups is 1. The molecule has 0 saturated heterocycles. The molecule has 0 aromatic heterocycles. The maximum Gasteiger partial charge on any atom is 0.261 e. The summed E-state index contributed by atoms with van der Waals surface area (Å²) in [5.41, 5.74) is 5.86. The van der Waals surface area contributed by atoms with Crippen LogP contribution in [-0.2, 0) is 32.7 Å². The molecule has 2 atom stereocenters. The number of hydrogen-bond donors (Lipinski definition) is 2. The third-order valence-electron chi connectivity index (χ3n) is 6.50.